The summed E-state index contributed by atoms with van der Waals surface area (Å²) >= 11 is 0. The molecule has 2 nitrogen and oxygen atoms in total. The Kier molecular flexibility index (Phi) is 4.72. The van der Waals surface area contributed by atoms with Crippen molar-refractivity contribution in [2.45, 2.75) is 46.8 Å². The van der Waals surface area contributed by atoms with Gasteiger partial charge in [0.05, 0.1) is 5.60 Å². The van der Waals surface area contributed by atoms with Crippen LogP contribution in [-0.4, -0.2) is 17.3 Å². The highest BCUT2D eigenvalue weighted by Gasteiger charge is 2.23. The van der Waals surface area contributed by atoms with Crippen LogP contribution in [0.1, 0.15) is 37.5 Å². The molecule has 1 rings (SSSR count). The first-order chi connectivity index (χ1) is 7.84. The van der Waals surface area contributed by atoms with Gasteiger partial charge in [-0.15, -0.1) is 0 Å². The fourth-order valence-corrected chi connectivity index (χ4v) is 1.66. The van der Waals surface area contributed by atoms with Crippen LogP contribution in [0.25, 0.3) is 0 Å². The topological polar surface area (TPSA) is 32.3 Å². The van der Waals surface area contributed by atoms with Crippen LogP contribution in [0.2, 0.25) is 0 Å². The Morgan fingerprint density at radius 1 is 1.29 bits per heavy atom. The lowest BCUT2D eigenvalue weighted by Crippen LogP contribution is -2.42. The van der Waals surface area contributed by atoms with Gasteiger partial charge in [-0.1, -0.05) is 32.0 Å². The van der Waals surface area contributed by atoms with Gasteiger partial charge in [0.2, 0.25) is 0 Å². The van der Waals surface area contributed by atoms with Crippen molar-refractivity contribution in [1.29, 1.82) is 0 Å². The smallest absolute Gasteiger partial charge is 0.0766 e. The van der Waals surface area contributed by atoms with Crippen LogP contribution in [0.15, 0.2) is 18.2 Å². The monoisotopic (exact) mass is 235 g/mol. The van der Waals surface area contributed by atoms with E-state index >= 15 is 0 Å². The predicted molar refractivity (Wildman–Crippen MR) is 73.1 cm³/mol. The van der Waals surface area contributed by atoms with Gasteiger partial charge in [-0.25, -0.2) is 0 Å². The summed E-state index contributed by atoms with van der Waals surface area (Å²) in [5.74, 6) is 0.258. The summed E-state index contributed by atoms with van der Waals surface area (Å²) in [7, 11) is 0. The molecule has 0 saturated carbocycles. The van der Waals surface area contributed by atoms with Crippen molar-refractivity contribution in [2.24, 2.45) is 5.92 Å². The highest BCUT2D eigenvalue weighted by atomic mass is 16.3. The molecular formula is C15H25NO. The van der Waals surface area contributed by atoms with Crippen molar-refractivity contribution in [2.75, 3.05) is 6.54 Å². The Labute approximate surface area is 105 Å². The number of rotatable bonds is 5. The van der Waals surface area contributed by atoms with Crippen LogP contribution >= 0.6 is 0 Å². The van der Waals surface area contributed by atoms with Crippen molar-refractivity contribution >= 4 is 0 Å². The zero-order chi connectivity index (χ0) is 13.1. The maximum atomic E-state index is 10.1. The summed E-state index contributed by atoms with van der Waals surface area (Å²) < 4.78 is 0. The van der Waals surface area contributed by atoms with E-state index < -0.39 is 5.60 Å². The predicted octanol–water partition coefficient (Wildman–Crippen LogP) is 2.80. The molecule has 2 N–H and O–H groups in total. The van der Waals surface area contributed by atoms with Crippen molar-refractivity contribution < 1.29 is 5.11 Å². The number of aryl methyl sites for hydroxylation is 1. The maximum absolute atomic E-state index is 10.1. The molecule has 0 radical (unpaired) electrons. The molecule has 2 heteroatoms. The SMILES string of the molecule is Cc1cccc(CNCC(C)(O)C(C)C)c1C. The van der Waals surface area contributed by atoms with Gasteiger partial charge in [0.1, 0.15) is 0 Å². The minimum Gasteiger partial charge on any atom is -0.389 e. The first-order valence-electron chi connectivity index (χ1n) is 6.33. The molecule has 0 aliphatic heterocycles. The van der Waals surface area contributed by atoms with E-state index in [0.29, 0.717) is 6.54 Å². The fourth-order valence-electron chi connectivity index (χ4n) is 1.66. The van der Waals surface area contributed by atoms with Gasteiger partial charge >= 0.3 is 0 Å². The van der Waals surface area contributed by atoms with Gasteiger partial charge in [0, 0.05) is 13.1 Å². The number of hydrogen-bond acceptors (Lipinski definition) is 2. The van der Waals surface area contributed by atoms with E-state index in [4.69, 9.17) is 0 Å². The van der Waals surface area contributed by atoms with E-state index in [0.717, 1.165) is 6.54 Å². The lowest BCUT2D eigenvalue weighted by Gasteiger charge is -2.28. The van der Waals surface area contributed by atoms with Crippen LogP contribution in [-0.2, 0) is 6.54 Å². The fraction of sp³-hybridized carbons (Fsp3) is 0.600. The standard InChI is InChI=1S/C15H25NO/c1-11(2)15(5,17)10-16-9-14-8-6-7-12(3)13(14)4/h6-8,11,16-17H,9-10H2,1-5H3. The molecule has 17 heavy (non-hydrogen) atoms. The van der Waals surface area contributed by atoms with Crippen LogP contribution in [0, 0.1) is 19.8 Å². The van der Waals surface area contributed by atoms with Crippen LogP contribution < -0.4 is 5.32 Å². The number of benzene rings is 1. The Bertz CT molecular complexity index is 369. The summed E-state index contributed by atoms with van der Waals surface area (Å²) in [5.41, 5.74) is 3.33. The molecule has 1 aromatic rings. The summed E-state index contributed by atoms with van der Waals surface area (Å²) in [6.07, 6.45) is 0. The van der Waals surface area contributed by atoms with Crippen LogP contribution in [0.4, 0.5) is 0 Å². The highest BCUT2D eigenvalue weighted by molar-refractivity contribution is 5.32. The molecule has 1 aromatic carbocycles. The van der Waals surface area contributed by atoms with Gasteiger partial charge in [0.25, 0.3) is 0 Å². The quantitative estimate of drug-likeness (QED) is 0.822. The Balaban J connectivity index is 2.55. The molecule has 0 amide bonds. The Hall–Kier alpha value is -0.860. The summed E-state index contributed by atoms with van der Waals surface area (Å²) in [5, 5.41) is 13.5. The largest absolute Gasteiger partial charge is 0.389 e. The zero-order valence-electron chi connectivity index (χ0n) is 11.7. The molecule has 0 spiro atoms. The molecule has 0 heterocycles. The van der Waals surface area contributed by atoms with E-state index in [1.54, 1.807) is 0 Å². The molecule has 1 atom stereocenters. The molecule has 96 valence electrons. The molecule has 0 saturated heterocycles. The minimum absolute atomic E-state index is 0.258. The number of hydrogen-bond donors (Lipinski definition) is 2. The third-order valence-electron chi connectivity index (χ3n) is 3.76. The third-order valence-corrected chi connectivity index (χ3v) is 3.76. The van der Waals surface area contributed by atoms with Crippen molar-refractivity contribution in [3.05, 3.63) is 34.9 Å². The third kappa shape index (κ3) is 3.83. The molecule has 0 bridgehead atoms. The molecule has 0 aliphatic carbocycles. The van der Waals surface area contributed by atoms with Crippen molar-refractivity contribution in [1.82, 2.24) is 5.32 Å². The van der Waals surface area contributed by atoms with E-state index in [2.05, 4.69) is 37.4 Å². The maximum Gasteiger partial charge on any atom is 0.0766 e. The molecule has 0 aliphatic rings. The van der Waals surface area contributed by atoms with Gasteiger partial charge in [-0.05, 0) is 43.4 Å². The molecular weight excluding hydrogens is 210 g/mol. The van der Waals surface area contributed by atoms with E-state index in [1.807, 2.05) is 20.8 Å². The van der Waals surface area contributed by atoms with Crippen molar-refractivity contribution in [3.8, 4) is 0 Å². The zero-order valence-corrected chi connectivity index (χ0v) is 11.7. The van der Waals surface area contributed by atoms with Gasteiger partial charge in [0.15, 0.2) is 0 Å². The molecule has 0 fully saturated rings. The Morgan fingerprint density at radius 2 is 1.94 bits per heavy atom. The number of aliphatic hydroxyl groups is 1. The summed E-state index contributed by atoms with van der Waals surface area (Å²) in [6, 6.07) is 6.35. The van der Waals surface area contributed by atoms with E-state index in [9.17, 15) is 5.11 Å². The molecule has 0 aromatic heterocycles. The van der Waals surface area contributed by atoms with Gasteiger partial charge in [-0.3, -0.25) is 0 Å². The summed E-state index contributed by atoms with van der Waals surface area (Å²) in [4.78, 5) is 0. The summed E-state index contributed by atoms with van der Waals surface area (Å²) in [6.45, 7) is 11.7. The van der Waals surface area contributed by atoms with Crippen LogP contribution in [0.5, 0.6) is 0 Å². The minimum atomic E-state index is -0.641. The first kappa shape index (κ1) is 14.2. The van der Waals surface area contributed by atoms with E-state index in [-0.39, 0.29) is 5.92 Å². The van der Waals surface area contributed by atoms with Gasteiger partial charge < -0.3 is 10.4 Å². The average Bonchev–Trinajstić information content (AvgIpc) is 2.24. The van der Waals surface area contributed by atoms with Crippen LogP contribution in [0.3, 0.4) is 0 Å². The normalized spacial score (nSPS) is 15.0. The number of nitrogens with one attached hydrogen (secondary N) is 1. The molecule has 1 unspecified atom stereocenters. The van der Waals surface area contributed by atoms with Crippen molar-refractivity contribution in [3.63, 3.8) is 0 Å². The van der Waals surface area contributed by atoms with Gasteiger partial charge in [-0.2, -0.15) is 0 Å². The average molecular weight is 235 g/mol. The lowest BCUT2D eigenvalue weighted by molar-refractivity contribution is 0.0140. The first-order valence-corrected chi connectivity index (χ1v) is 6.33. The lowest BCUT2D eigenvalue weighted by atomic mass is 9.92. The second-order valence-electron chi connectivity index (χ2n) is 5.47. The Morgan fingerprint density at radius 3 is 2.53 bits per heavy atom. The van der Waals surface area contributed by atoms with E-state index in [1.165, 1.54) is 16.7 Å². The second-order valence-corrected chi connectivity index (χ2v) is 5.47. The second kappa shape index (κ2) is 5.65. The highest BCUT2D eigenvalue weighted by Crippen LogP contribution is 2.16.